The molecular weight excluding hydrogens is 255 g/mol. The van der Waals surface area contributed by atoms with Crippen LogP contribution in [-0.2, 0) is 11.3 Å². The van der Waals surface area contributed by atoms with Gasteiger partial charge in [-0.05, 0) is 43.4 Å². The summed E-state index contributed by atoms with van der Waals surface area (Å²) in [6.07, 6.45) is 2.48. The van der Waals surface area contributed by atoms with Crippen molar-refractivity contribution < 1.29 is 9.18 Å². The van der Waals surface area contributed by atoms with Gasteiger partial charge in [0.1, 0.15) is 5.82 Å². The van der Waals surface area contributed by atoms with Crippen LogP contribution in [0.15, 0.2) is 18.2 Å². The second-order valence-corrected chi connectivity index (χ2v) is 4.78. The van der Waals surface area contributed by atoms with Crippen molar-refractivity contribution in [3.63, 3.8) is 0 Å². The van der Waals surface area contributed by atoms with E-state index in [9.17, 15) is 9.18 Å². The molecule has 0 bridgehead atoms. The van der Waals surface area contributed by atoms with Gasteiger partial charge in [0.25, 0.3) is 0 Å². The number of hydrogen-bond acceptors (Lipinski definition) is 2. The number of nitrogens with two attached hydrogens (primary N) is 1. The predicted molar refractivity (Wildman–Crippen MR) is 71.0 cm³/mol. The molecular formula is C13H18ClFN2O. The Bertz CT molecular complexity index is 447. The molecule has 1 aliphatic carbocycles. The first kappa shape index (κ1) is 14.9. The van der Waals surface area contributed by atoms with Crippen LogP contribution in [0.5, 0.6) is 0 Å². The van der Waals surface area contributed by atoms with E-state index in [0.717, 1.165) is 24.8 Å². The summed E-state index contributed by atoms with van der Waals surface area (Å²) in [5.74, 6) is -0.382. The van der Waals surface area contributed by atoms with Crippen LogP contribution < -0.4 is 11.1 Å². The SMILES string of the molecule is Cc1ccc(CNC(=O)C2(N)CCC2)cc1F.Cl. The molecule has 1 aromatic rings. The molecule has 0 atom stereocenters. The average molecular weight is 273 g/mol. The second-order valence-electron chi connectivity index (χ2n) is 4.78. The minimum absolute atomic E-state index is 0. The van der Waals surface area contributed by atoms with Gasteiger partial charge in [-0.3, -0.25) is 4.79 Å². The van der Waals surface area contributed by atoms with Gasteiger partial charge in [-0.15, -0.1) is 12.4 Å². The summed E-state index contributed by atoms with van der Waals surface area (Å²) in [6, 6.07) is 4.96. The van der Waals surface area contributed by atoms with Crippen molar-refractivity contribution in [2.45, 2.75) is 38.3 Å². The molecule has 100 valence electrons. The molecule has 3 N–H and O–H groups in total. The molecule has 0 saturated heterocycles. The molecule has 1 amide bonds. The van der Waals surface area contributed by atoms with E-state index < -0.39 is 5.54 Å². The molecule has 0 spiro atoms. The third-order valence-corrected chi connectivity index (χ3v) is 3.39. The minimum atomic E-state index is -0.691. The zero-order valence-corrected chi connectivity index (χ0v) is 11.1. The Balaban J connectivity index is 0.00000162. The van der Waals surface area contributed by atoms with Crippen LogP contribution in [0, 0.1) is 12.7 Å². The standard InChI is InChI=1S/C13H17FN2O.ClH/c1-9-3-4-10(7-11(9)14)8-16-12(17)13(15)5-2-6-13;/h3-4,7H,2,5-6,8,15H2,1H3,(H,16,17);1H. The number of nitrogens with one attached hydrogen (secondary N) is 1. The molecule has 1 aromatic carbocycles. The summed E-state index contributed by atoms with van der Waals surface area (Å²) in [6.45, 7) is 2.04. The molecule has 18 heavy (non-hydrogen) atoms. The van der Waals surface area contributed by atoms with Crippen LogP contribution in [0.1, 0.15) is 30.4 Å². The van der Waals surface area contributed by atoms with E-state index in [1.807, 2.05) is 6.07 Å². The largest absolute Gasteiger partial charge is 0.350 e. The highest BCUT2D eigenvalue weighted by Crippen LogP contribution is 2.29. The monoisotopic (exact) mass is 272 g/mol. The molecule has 0 heterocycles. The van der Waals surface area contributed by atoms with Gasteiger partial charge in [0.05, 0.1) is 5.54 Å². The summed E-state index contributed by atoms with van der Waals surface area (Å²) in [4.78, 5) is 11.7. The van der Waals surface area contributed by atoms with Crippen molar-refractivity contribution in [3.8, 4) is 0 Å². The predicted octanol–water partition coefficient (Wildman–Crippen LogP) is 2.05. The van der Waals surface area contributed by atoms with Crippen LogP contribution >= 0.6 is 12.4 Å². The summed E-state index contributed by atoms with van der Waals surface area (Å²) in [5.41, 5.74) is 6.55. The van der Waals surface area contributed by atoms with E-state index in [1.54, 1.807) is 13.0 Å². The molecule has 5 heteroatoms. The lowest BCUT2D eigenvalue weighted by Gasteiger charge is -2.36. The van der Waals surface area contributed by atoms with E-state index in [-0.39, 0.29) is 24.1 Å². The zero-order chi connectivity index (χ0) is 12.5. The number of rotatable bonds is 3. The molecule has 0 aromatic heterocycles. The Labute approximate surface area is 112 Å². The van der Waals surface area contributed by atoms with Crippen molar-refractivity contribution >= 4 is 18.3 Å². The number of carbonyl (C=O) groups is 1. The second kappa shape index (κ2) is 5.67. The Morgan fingerprint density at radius 3 is 2.67 bits per heavy atom. The first-order chi connectivity index (χ1) is 8.01. The average Bonchev–Trinajstić information content (AvgIpc) is 2.27. The molecule has 3 nitrogen and oxygen atoms in total. The van der Waals surface area contributed by atoms with E-state index in [4.69, 9.17) is 5.73 Å². The van der Waals surface area contributed by atoms with Crippen molar-refractivity contribution in [2.75, 3.05) is 0 Å². The van der Waals surface area contributed by atoms with Crippen molar-refractivity contribution in [3.05, 3.63) is 35.1 Å². The fourth-order valence-corrected chi connectivity index (χ4v) is 1.89. The summed E-state index contributed by atoms with van der Waals surface area (Å²) >= 11 is 0. The topological polar surface area (TPSA) is 55.1 Å². The molecule has 0 aliphatic heterocycles. The van der Waals surface area contributed by atoms with Gasteiger partial charge in [0.15, 0.2) is 0 Å². The Hall–Kier alpha value is -1.13. The lowest BCUT2D eigenvalue weighted by atomic mass is 9.77. The van der Waals surface area contributed by atoms with Crippen molar-refractivity contribution in [1.29, 1.82) is 0 Å². The summed E-state index contributed by atoms with van der Waals surface area (Å²) in [5, 5.41) is 2.76. The number of aryl methyl sites for hydroxylation is 1. The number of amides is 1. The first-order valence-corrected chi connectivity index (χ1v) is 5.83. The van der Waals surface area contributed by atoms with Gasteiger partial charge >= 0.3 is 0 Å². The van der Waals surface area contributed by atoms with Crippen molar-refractivity contribution in [2.24, 2.45) is 5.73 Å². The number of hydrogen-bond donors (Lipinski definition) is 2. The third kappa shape index (κ3) is 3.00. The van der Waals surface area contributed by atoms with Crippen LogP contribution in [0.4, 0.5) is 4.39 Å². The van der Waals surface area contributed by atoms with Crippen LogP contribution in [-0.4, -0.2) is 11.4 Å². The zero-order valence-electron chi connectivity index (χ0n) is 10.3. The van der Waals surface area contributed by atoms with Crippen LogP contribution in [0.25, 0.3) is 0 Å². The molecule has 2 rings (SSSR count). The molecule has 1 fully saturated rings. The molecule has 1 saturated carbocycles. The Morgan fingerprint density at radius 1 is 1.50 bits per heavy atom. The van der Waals surface area contributed by atoms with Gasteiger partial charge in [0.2, 0.25) is 5.91 Å². The highest BCUT2D eigenvalue weighted by atomic mass is 35.5. The van der Waals surface area contributed by atoms with Gasteiger partial charge in [0, 0.05) is 6.54 Å². The normalized spacial score (nSPS) is 16.4. The van der Waals surface area contributed by atoms with Crippen LogP contribution in [0.2, 0.25) is 0 Å². The lowest BCUT2D eigenvalue weighted by molar-refractivity contribution is -0.129. The number of carbonyl (C=O) groups excluding carboxylic acids is 1. The fourth-order valence-electron chi connectivity index (χ4n) is 1.89. The maximum absolute atomic E-state index is 13.3. The number of halogens is 2. The van der Waals surface area contributed by atoms with E-state index in [2.05, 4.69) is 5.32 Å². The van der Waals surface area contributed by atoms with Gasteiger partial charge in [-0.25, -0.2) is 4.39 Å². The van der Waals surface area contributed by atoms with Gasteiger partial charge in [-0.2, -0.15) is 0 Å². The number of benzene rings is 1. The minimum Gasteiger partial charge on any atom is -0.350 e. The van der Waals surface area contributed by atoms with Crippen LogP contribution in [0.3, 0.4) is 0 Å². The summed E-state index contributed by atoms with van der Waals surface area (Å²) < 4.78 is 13.3. The lowest BCUT2D eigenvalue weighted by Crippen LogP contribution is -2.58. The quantitative estimate of drug-likeness (QED) is 0.885. The van der Waals surface area contributed by atoms with Crippen molar-refractivity contribution in [1.82, 2.24) is 5.32 Å². The highest BCUT2D eigenvalue weighted by molar-refractivity contribution is 5.87. The van der Waals surface area contributed by atoms with E-state index >= 15 is 0 Å². The maximum atomic E-state index is 13.3. The fraction of sp³-hybridized carbons (Fsp3) is 0.462. The van der Waals surface area contributed by atoms with Gasteiger partial charge in [-0.1, -0.05) is 12.1 Å². The molecule has 1 aliphatic rings. The Kier molecular flexibility index (Phi) is 4.71. The van der Waals surface area contributed by atoms with Gasteiger partial charge < -0.3 is 11.1 Å². The molecule has 0 radical (unpaired) electrons. The maximum Gasteiger partial charge on any atom is 0.240 e. The first-order valence-electron chi connectivity index (χ1n) is 5.83. The third-order valence-electron chi connectivity index (χ3n) is 3.39. The highest BCUT2D eigenvalue weighted by Gasteiger charge is 2.39. The van der Waals surface area contributed by atoms with E-state index in [1.165, 1.54) is 6.07 Å². The Morgan fingerprint density at radius 2 is 2.17 bits per heavy atom. The smallest absolute Gasteiger partial charge is 0.240 e. The molecule has 0 unspecified atom stereocenters. The van der Waals surface area contributed by atoms with E-state index in [0.29, 0.717) is 12.1 Å². The summed E-state index contributed by atoms with van der Waals surface area (Å²) in [7, 11) is 0.